The molecule has 1 aliphatic carbocycles. The number of carbonyl (C=O) groups excluding carboxylic acids is 1. The molecule has 0 radical (unpaired) electrons. The molecule has 2 fully saturated rings. The molecule has 6 nitrogen and oxygen atoms in total. The van der Waals surface area contributed by atoms with Gasteiger partial charge in [0, 0.05) is 19.1 Å². The molecule has 0 aromatic rings. The molecule has 6 heteroatoms. The number of oxime groups is 1. The van der Waals surface area contributed by atoms with Gasteiger partial charge in [-0.1, -0.05) is 19.0 Å². The van der Waals surface area contributed by atoms with Gasteiger partial charge >= 0.3 is 0 Å². The lowest BCUT2D eigenvalue weighted by Gasteiger charge is -2.45. The highest BCUT2D eigenvalue weighted by molar-refractivity contribution is 6.07. The van der Waals surface area contributed by atoms with Gasteiger partial charge in [0.25, 0.3) is 0 Å². The van der Waals surface area contributed by atoms with Gasteiger partial charge in [-0.05, 0) is 38.8 Å². The van der Waals surface area contributed by atoms with Gasteiger partial charge in [-0.15, -0.1) is 0 Å². The Bertz CT molecular complexity index is 415. The number of hydrogen-bond acceptors (Lipinski definition) is 4. The molecule has 2 atom stereocenters. The van der Waals surface area contributed by atoms with E-state index in [4.69, 9.17) is 10.9 Å². The summed E-state index contributed by atoms with van der Waals surface area (Å²) in [6.45, 7) is 5.72. The van der Waals surface area contributed by atoms with Crippen molar-refractivity contribution in [3.8, 4) is 0 Å². The Morgan fingerprint density at radius 1 is 1.35 bits per heavy atom. The van der Waals surface area contributed by atoms with E-state index in [1.165, 1.54) is 0 Å². The van der Waals surface area contributed by atoms with Crippen molar-refractivity contribution in [2.75, 3.05) is 27.2 Å². The summed E-state index contributed by atoms with van der Waals surface area (Å²) in [5, 5.41) is 12.1. The summed E-state index contributed by atoms with van der Waals surface area (Å²) in [5.74, 6) is 0.989. The summed E-state index contributed by atoms with van der Waals surface area (Å²) in [7, 11) is 4.08. The molecule has 0 spiro atoms. The van der Waals surface area contributed by atoms with Gasteiger partial charge in [-0.3, -0.25) is 4.79 Å². The molecule has 1 saturated carbocycles. The zero-order chi connectivity index (χ0) is 15.1. The van der Waals surface area contributed by atoms with Gasteiger partial charge in [0.15, 0.2) is 5.84 Å². The lowest BCUT2D eigenvalue weighted by molar-refractivity contribution is -0.143. The van der Waals surface area contributed by atoms with Crippen molar-refractivity contribution in [2.24, 2.45) is 28.1 Å². The summed E-state index contributed by atoms with van der Waals surface area (Å²) < 4.78 is 0. The Labute approximate surface area is 120 Å². The molecular formula is C14H26N4O2. The van der Waals surface area contributed by atoms with Crippen LogP contribution in [0.1, 0.15) is 26.7 Å². The average molecular weight is 282 g/mol. The summed E-state index contributed by atoms with van der Waals surface area (Å²) >= 11 is 0. The van der Waals surface area contributed by atoms with Gasteiger partial charge in [0.2, 0.25) is 5.91 Å². The quantitative estimate of drug-likeness (QED) is 0.343. The minimum Gasteiger partial charge on any atom is -0.409 e. The van der Waals surface area contributed by atoms with E-state index in [1.54, 1.807) is 0 Å². The van der Waals surface area contributed by atoms with Crippen molar-refractivity contribution in [1.29, 1.82) is 0 Å². The highest BCUT2D eigenvalue weighted by Crippen LogP contribution is 2.47. The zero-order valence-corrected chi connectivity index (χ0v) is 12.8. The first-order valence-electron chi connectivity index (χ1n) is 7.25. The molecule has 3 N–H and O–H groups in total. The van der Waals surface area contributed by atoms with Crippen LogP contribution in [0.5, 0.6) is 0 Å². The minimum atomic E-state index is -0.769. The molecule has 2 aliphatic rings. The number of amidine groups is 1. The summed E-state index contributed by atoms with van der Waals surface area (Å²) in [6.07, 6.45) is 1.36. The Kier molecular flexibility index (Phi) is 3.95. The second-order valence-electron chi connectivity index (χ2n) is 6.80. The van der Waals surface area contributed by atoms with Crippen molar-refractivity contribution in [3.63, 3.8) is 0 Å². The third kappa shape index (κ3) is 2.26. The molecular weight excluding hydrogens is 256 g/mol. The van der Waals surface area contributed by atoms with Crippen LogP contribution in [0, 0.1) is 17.3 Å². The monoisotopic (exact) mass is 282 g/mol. The number of likely N-dealkylation sites (tertiary alicyclic amines) is 1. The lowest BCUT2D eigenvalue weighted by Crippen LogP contribution is -2.57. The fourth-order valence-corrected chi connectivity index (χ4v) is 3.81. The van der Waals surface area contributed by atoms with Crippen molar-refractivity contribution >= 4 is 11.7 Å². The summed E-state index contributed by atoms with van der Waals surface area (Å²) in [6, 6.07) is 0.376. The van der Waals surface area contributed by atoms with Crippen LogP contribution in [0.15, 0.2) is 5.16 Å². The molecule has 2 unspecified atom stereocenters. The highest BCUT2D eigenvalue weighted by atomic mass is 16.4. The van der Waals surface area contributed by atoms with Crippen molar-refractivity contribution in [2.45, 2.75) is 32.7 Å². The SMILES string of the molecule is CC1CC(C(=O)N2CC(C)C(N(C)C)C2)(C(N)=NO)C1. The highest BCUT2D eigenvalue weighted by Gasteiger charge is 2.55. The number of rotatable bonds is 3. The normalized spacial score (nSPS) is 38.1. The second-order valence-corrected chi connectivity index (χ2v) is 6.80. The van der Waals surface area contributed by atoms with E-state index in [-0.39, 0.29) is 11.7 Å². The molecule has 0 aromatic carbocycles. The van der Waals surface area contributed by atoms with Gasteiger partial charge in [0.1, 0.15) is 5.41 Å². The summed E-state index contributed by atoms with van der Waals surface area (Å²) in [5.41, 5.74) is 5.05. The Balaban J connectivity index is 2.15. The number of nitrogens with two attached hydrogens (primary N) is 1. The predicted octanol–water partition coefficient (Wildman–Crippen LogP) is 0.558. The third-order valence-electron chi connectivity index (χ3n) is 4.92. The van der Waals surface area contributed by atoms with Crippen LogP contribution >= 0.6 is 0 Å². The number of amides is 1. The fraction of sp³-hybridized carbons (Fsp3) is 0.857. The first-order valence-corrected chi connectivity index (χ1v) is 7.25. The number of nitrogens with zero attached hydrogens (tertiary/aromatic N) is 3. The van der Waals surface area contributed by atoms with Crippen LogP contribution in [0.3, 0.4) is 0 Å². The van der Waals surface area contributed by atoms with Crippen molar-refractivity contribution in [1.82, 2.24) is 9.80 Å². The zero-order valence-electron chi connectivity index (χ0n) is 12.8. The lowest BCUT2D eigenvalue weighted by atomic mass is 9.61. The van der Waals surface area contributed by atoms with Crippen LogP contribution in [-0.2, 0) is 4.79 Å². The summed E-state index contributed by atoms with van der Waals surface area (Å²) in [4.78, 5) is 16.9. The van der Waals surface area contributed by atoms with Gasteiger partial charge in [0.05, 0.1) is 0 Å². The van der Waals surface area contributed by atoms with E-state index in [2.05, 4.69) is 23.9 Å². The molecule has 1 aliphatic heterocycles. The largest absolute Gasteiger partial charge is 0.409 e. The van der Waals surface area contributed by atoms with Crippen molar-refractivity contribution in [3.05, 3.63) is 0 Å². The van der Waals surface area contributed by atoms with Gasteiger partial charge in [-0.2, -0.15) is 0 Å². The van der Waals surface area contributed by atoms with Crippen LogP contribution in [0.2, 0.25) is 0 Å². The minimum absolute atomic E-state index is 0.0297. The molecule has 20 heavy (non-hydrogen) atoms. The van der Waals surface area contributed by atoms with Crippen molar-refractivity contribution < 1.29 is 10.0 Å². The van der Waals surface area contributed by atoms with Crippen LogP contribution in [0.25, 0.3) is 0 Å². The Hall–Kier alpha value is -1.30. The number of hydrogen-bond donors (Lipinski definition) is 2. The molecule has 1 saturated heterocycles. The second kappa shape index (κ2) is 5.24. The molecule has 2 rings (SSSR count). The molecule has 1 heterocycles. The van der Waals surface area contributed by atoms with E-state index >= 15 is 0 Å². The molecule has 114 valence electrons. The van der Waals surface area contributed by atoms with E-state index in [0.29, 0.717) is 30.7 Å². The van der Waals surface area contributed by atoms with E-state index in [0.717, 1.165) is 13.1 Å². The smallest absolute Gasteiger partial charge is 0.236 e. The van der Waals surface area contributed by atoms with Crippen LogP contribution in [-0.4, -0.2) is 60.0 Å². The van der Waals surface area contributed by atoms with Crippen LogP contribution in [0.4, 0.5) is 0 Å². The Morgan fingerprint density at radius 2 is 1.95 bits per heavy atom. The molecule has 1 amide bonds. The molecule has 0 aromatic heterocycles. The maximum absolute atomic E-state index is 12.8. The first kappa shape index (κ1) is 15.1. The van der Waals surface area contributed by atoms with E-state index < -0.39 is 5.41 Å². The first-order chi connectivity index (χ1) is 9.31. The Morgan fingerprint density at radius 3 is 2.35 bits per heavy atom. The standard InChI is InChI=1S/C14H26N4O2/c1-9-5-14(6-9,12(15)16-20)13(19)18-7-10(2)11(8-18)17(3)4/h9-11,20H,5-8H2,1-4H3,(H2,15,16). The van der Waals surface area contributed by atoms with Gasteiger partial charge in [-0.25, -0.2) is 0 Å². The number of likely N-dealkylation sites (N-methyl/N-ethyl adjacent to an activating group) is 1. The third-order valence-corrected chi connectivity index (χ3v) is 4.92. The number of carbonyl (C=O) groups is 1. The van der Waals surface area contributed by atoms with E-state index in [9.17, 15) is 4.79 Å². The van der Waals surface area contributed by atoms with Gasteiger partial charge < -0.3 is 20.7 Å². The maximum atomic E-state index is 12.8. The average Bonchev–Trinajstić information content (AvgIpc) is 2.75. The fourth-order valence-electron chi connectivity index (χ4n) is 3.81. The van der Waals surface area contributed by atoms with E-state index in [1.807, 2.05) is 19.0 Å². The topological polar surface area (TPSA) is 82.2 Å². The molecule has 0 bridgehead atoms. The van der Waals surface area contributed by atoms with Crippen LogP contribution < -0.4 is 5.73 Å². The maximum Gasteiger partial charge on any atom is 0.236 e. The predicted molar refractivity (Wildman–Crippen MR) is 77.5 cm³/mol.